The van der Waals surface area contributed by atoms with Crippen molar-refractivity contribution in [3.05, 3.63) is 60.2 Å². The van der Waals surface area contributed by atoms with Crippen LogP contribution in [0.2, 0.25) is 0 Å². The minimum Gasteiger partial charge on any atom is -0.481 e. The highest BCUT2D eigenvalue weighted by Gasteiger charge is 2.17. The molecule has 1 aromatic heterocycles. The number of hydrogen-bond acceptors (Lipinski definition) is 7. The third-order valence-corrected chi connectivity index (χ3v) is 5.91. The van der Waals surface area contributed by atoms with Crippen molar-refractivity contribution in [1.82, 2.24) is 10.2 Å². The minimum atomic E-state index is -0.505. The van der Waals surface area contributed by atoms with Gasteiger partial charge in [-0.2, -0.15) is 0 Å². The standard InChI is InChI=1S/C23H25FN4O3S/c1-16(30-20-11-5-17(24)6-12-20)22-26-27-23(31-22)32-15-21(29)25-18-7-9-19(10-8-18)28-13-3-2-4-14-28/h5-12,16H,2-4,13-15H2,1H3,(H,25,29). The van der Waals surface area contributed by atoms with Crippen LogP contribution in [0.4, 0.5) is 15.8 Å². The fourth-order valence-electron chi connectivity index (χ4n) is 3.44. The summed E-state index contributed by atoms with van der Waals surface area (Å²) < 4.78 is 24.3. The average molecular weight is 457 g/mol. The van der Waals surface area contributed by atoms with Gasteiger partial charge in [0, 0.05) is 24.5 Å². The van der Waals surface area contributed by atoms with Gasteiger partial charge in [-0.15, -0.1) is 10.2 Å². The number of nitrogens with zero attached hydrogens (tertiary/aromatic N) is 3. The lowest BCUT2D eigenvalue weighted by molar-refractivity contribution is -0.113. The monoisotopic (exact) mass is 456 g/mol. The van der Waals surface area contributed by atoms with Gasteiger partial charge in [-0.3, -0.25) is 4.79 Å². The van der Waals surface area contributed by atoms with E-state index < -0.39 is 6.10 Å². The average Bonchev–Trinajstić information content (AvgIpc) is 3.30. The van der Waals surface area contributed by atoms with Crippen LogP contribution in [0.25, 0.3) is 0 Å². The first-order valence-electron chi connectivity index (χ1n) is 10.6. The maximum Gasteiger partial charge on any atom is 0.277 e. The number of piperidine rings is 1. The van der Waals surface area contributed by atoms with E-state index in [1.807, 2.05) is 24.3 Å². The normalized spacial score (nSPS) is 14.8. The number of ether oxygens (including phenoxy) is 1. The first kappa shape index (κ1) is 22.1. The number of carbonyl (C=O) groups is 1. The Kier molecular flexibility index (Phi) is 7.26. The first-order chi connectivity index (χ1) is 15.6. The van der Waals surface area contributed by atoms with Crippen LogP contribution >= 0.6 is 11.8 Å². The molecular weight excluding hydrogens is 431 g/mol. The van der Waals surface area contributed by atoms with Crippen LogP contribution in [0.15, 0.2) is 58.2 Å². The molecule has 1 aliphatic heterocycles. The minimum absolute atomic E-state index is 0.142. The zero-order valence-corrected chi connectivity index (χ0v) is 18.6. The number of anilines is 2. The van der Waals surface area contributed by atoms with E-state index in [0.717, 1.165) is 30.5 Å². The SMILES string of the molecule is CC(Oc1ccc(F)cc1)c1nnc(SCC(=O)Nc2ccc(N3CCCCC3)cc2)o1. The van der Waals surface area contributed by atoms with Crippen molar-refractivity contribution >= 4 is 29.0 Å². The van der Waals surface area contributed by atoms with Crippen LogP contribution in [-0.2, 0) is 4.79 Å². The molecule has 2 aromatic carbocycles. The molecule has 32 heavy (non-hydrogen) atoms. The topological polar surface area (TPSA) is 80.5 Å². The zero-order valence-electron chi connectivity index (χ0n) is 17.8. The summed E-state index contributed by atoms with van der Waals surface area (Å²) in [4.78, 5) is 14.7. The Labute approximate surface area is 190 Å². The molecule has 7 nitrogen and oxygen atoms in total. The number of rotatable bonds is 8. The van der Waals surface area contributed by atoms with E-state index in [1.165, 1.54) is 49.2 Å². The molecule has 1 aliphatic rings. The van der Waals surface area contributed by atoms with E-state index in [9.17, 15) is 9.18 Å². The van der Waals surface area contributed by atoms with Crippen LogP contribution < -0.4 is 15.0 Å². The van der Waals surface area contributed by atoms with Crippen molar-refractivity contribution in [2.45, 2.75) is 37.5 Å². The number of nitrogens with one attached hydrogen (secondary N) is 1. The summed E-state index contributed by atoms with van der Waals surface area (Å²) in [5, 5.41) is 11.1. The maximum absolute atomic E-state index is 13.0. The third-order valence-electron chi connectivity index (χ3n) is 5.10. The number of hydrogen-bond donors (Lipinski definition) is 1. The second-order valence-electron chi connectivity index (χ2n) is 7.55. The van der Waals surface area contributed by atoms with Crippen LogP contribution in [0.1, 0.15) is 38.2 Å². The smallest absolute Gasteiger partial charge is 0.277 e. The van der Waals surface area contributed by atoms with Crippen molar-refractivity contribution < 1.29 is 18.3 Å². The molecule has 1 unspecified atom stereocenters. The van der Waals surface area contributed by atoms with Crippen molar-refractivity contribution in [3.63, 3.8) is 0 Å². The van der Waals surface area contributed by atoms with Crippen molar-refractivity contribution in [2.75, 3.05) is 29.1 Å². The summed E-state index contributed by atoms with van der Waals surface area (Å²) in [6.45, 7) is 3.93. The van der Waals surface area contributed by atoms with Crippen molar-refractivity contribution in [3.8, 4) is 5.75 Å². The molecule has 0 spiro atoms. The van der Waals surface area contributed by atoms with Crippen LogP contribution in [-0.4, -0.2) is 34.9 Å². The second-order valence-corrected chi connectivity index (χ2v) is 8.48. The molecule has 168 valence electrons. The van der Waals surface area contributed by atoms with Gasteiger partial charge in [0.25, 0.3) is 11.1 Å². The van der Waals surface area contributed by atoms with Gasteiger partial charge in [-0.05, 0) is 74.7 Å². The van der Waals surface area contributed by atoms with E-state index in [-0.39, 0.29) is 28.6 Å². The van der Waals surface area contributed by atoms with Gasteiger partial charge in [-0.1, -0.05) is 11.8 Å². The number of halogens is 1. The molecular formula is C23H25FN4O3S. The highest BCUT2D eigenvalue weighted by molar-refractivity contribution is 7.99. The lowest BCUT2D eigenvalue weighted by atomic mass is 10.1. The van der Waals surface area contributed by atoms with Crippen LogP contribution in [0, 0.1) is 5.82 Å². The Bertz CT molecular complexity index is 1020. The molecule has 1 saturated heterocycles. The van der Waals surface area contributed by atoms with Gasteiger partial charge >= 0.3 is 0 Å². The fourth-order valence-corrected chi connectivity index (χ4v) is 4.01. The van der Waals surface area contributed by atoms with Gasteiger partial charge < -0.3 is 19.4 Å². The molecule has 1 fully saturated rings. The second kappa shape index (κ2) is 10.5. The lowest BCUT2D eigenvalue weighted by Gasteiger charge is -2.28. The zero-order chi connectivity index (χ0) is 22.3. The fraction of sp³-hybridized carbons (Fsp3) is 0.348. The highest BCUT2D eigenvalue weighted by Crippen LogP contribution is 2.25. The maximum atomic E-state index is 13.0. The Hall–Kier alpha value is -3.07. The molecule has 4 rings (SSSR count). The van der Waals surface area contributed by atoms with E-state index in [4.69, 9.17) is 9.15 Å². The number of thioether (sulfide) groups is 1. The quantitative estimate of drug-likeness (QED) is 0.474. The van der Waals surface area contributed by atoms with Crippen molar-refractivity contribution in [1.29, 1.82) is 0 Å². The molecule has 1 amide bonds. The van der Waals surface area contributed by atoms with E-state index in [1.54, 1.807) is 6.92 Å². The Morgan fingerprint density at radius 1 is 1.12 bits per heavy atom. The van der Waals surface area contributed by atoms with Gasteiger partial charge in [0.1, 0.15) is 11.6 Å². The summed E-state index contributed by atoms with van der Waals surface area (Å²) >= 11 is 1.15. The molecule has 1 atom stereocenters. The highest BCUT2D eigenvalue weighted by atomic mass is 32.2. The summed E-state index contributed by atoms with van der Waals surface area (Å²) in [5.41, 5.74) is 1.94. The van der Waals surface area contributed by atoms with Gasteiger partial charge in [0.15, 0.2) is 6.10 Å². The number of amides is 1. The third kappa shape index (κ3) is 6.00. The summed E-state index contributed by atoms with van der Waals surface area (Å²) in [5.74, 6) is 0.430. The van der Waals surface area contributed by atoms with Crippen molar-refractivity contribution in [2.24, 2.45) is 0 Å². The molecule has 9 heteroatoms. The Morgan fingerprint density at radius 3 is 2.56 bits per heavy atom. The van der Waals surface area contributed by atoms with Gasteiger partial charge in [0.05, 0.1) is 5.75 Å². The molecule has 0 bridgehead atoms. The van der Waals surface area contributed by atoms with E-state index >= 15 is 0 Å². The molecule has 2 heterocycles. The van der Waals surface area contributed by atoms with Crippen LogP contribution in [0.5, 0.6) is 5.75 Å². The molecule has 1 N–H and O–H groups in total. The molecule has 3 aromatic rings. The van der Waals surface area contributed by atoms with Gasteiger partial charge in [-0.25, -0.2) is 4.39 Å². The first-order valence-corrected chi connectivity index (χ1v) is 11.6. The van der Waals surface area contributed by atoms with E-state index in [0.29, 0.717) is 5.75 Å². The number of aromatic nitrogens is 2. The number of carbonyl (C=O) groups excluding carboxylic acids is 1. The molecule has 0 radical (unpaired) electrons. The Balaban J connectivity index is 1.24. The molecule has 0 saturated carbocycles. The lowest BCUT2D eigenvalue weighted by Crippen LogP contribution is -2.29. The number of benzene rings is 2. The predicted molar refractivity (Wildman–Crippen MR) is 122 cm³/mol. The summed E-state index contributed by atoms with van der Waals surface area (Å²) in [6.07, 6.45) is 3.24. The molecule has 0 aliphatic carbocycles. The summed E-state index contributed by atoms with van der Waals surface area (Å²) in [6, 6.07) is 13.6. The van der Waals surface area contributed by atoms with Gasteiger partial charge in [0.2, 0.25) is 5.91 Å². The summed E-state index contributed by atoms with van der Waals surface area (Å²) in [7, 11) is 0. The van der Waals surface area contributed by atoms with E-state index in [2.05, 4.69) is 20.4 Å². The Morgan fingerprint density at radius 2 is 1.84 bits per heavy atom. The predicted octanol–water partition coefficient (Wildman–Crippen LogP) is 5.07. The van der Waals surface area contributed by atoms with Crippen LogP contribution in [0.3, 0.4) is 0 Å². The largest absolute Gasteiger partial charge is 0.481 e.